The van der Waals surface area contributed by atoms with Crippen molar-refractivity contribution in [2.75, 3.05) is 44.7 Å². The van der Waals surface area contributed by atoms with Gasteiger partial charge in [0, 0.05) is 58.5 Å². The minimum absolute atomic E-state index is 0. The van der Waals surface area contributed by atoms with Crippen molar-refractivity contribution in [1.29, 1.82) is 0 Å². The number of piperazine rings is 1. The molecule has 0 spiro atoms. The molecule has 2 aromatic heterocycles. The van der Waals surface area contributed by atoms with Gasteiger partial charge in [0.15, 0.2) is 5.82 Å². The van der Waals surface area contributed by atoms with Crippen molar-refractivity contribution in [3.8, 4) is 16.8 Å². The highest BCUT2D eigenvalue weighted by molar-refractivity contribution is 7.15. The summed E-state index contributed by atoms with van der Waals surface area (Å²) < 4.78 is 6.98. The normalized spacial score (nSPS) is 15.4. The molecule has 0 radical (unpaired) electrons. The first kappa shape index (κ1) is 34.1. The topological polar surface area (TPSA) is 119 Å². The molecule has 1 atom stereocenters. The van der Waals surface area contributed by atoms with Gasteiger partial charge >= 0.3 is 5.97 Å². The number of hydrogen-bond donors (Lipinski definition) is 1. The van der Waals surface area contributed by atoms with Crippen LogP contribution in [0.1, 0.15) is 61.6 Å². The Kier molecular flexibility index (Phi) is 10.4. The number of benzene rings is 2. The molecule has 2 aromatic carbocycles. The van der Waals surface area contributed by atoms with Crippen LogP contribution in [-0.4, -0.2) is 77.1 Å². The van der Waals surface area contributed by atoms with Gasteiger partial charge in [0.2, 0.25) is 5.91 Å². The number of esters is 1. The van der Waals surface area contributed by atoms with E-state index in [1.54, 1.807) is 17.4 Å². The zero-order valence-corrected chi connectivity index (χ0v) is 28.9. The van der Waals surface area contributed by atoms with E-state index < -0.39 is 12.0 Å². The molecule has 0 bridgehead atoms. The molecular formula is C34H35Cl2N7O3S. The van der Waals surface area contributed by atoms with Crippen LogP contribution < -0.4 is 10.6 Å². The van der Waals surface area contributed by atoms with Crippen LogP contribution in [-0.2, 0) is 9.53 Å². The maximum absolute atomic E-state index is 13.9. The largest absolute Gasteiger partial charge is 0.465 e. The van der Waals surface area contributed by atoms with Crippen LogP contribution in [0.5, 0.6) is 0 Å². The molecule has 4 heterocycles. The summed E-state index contributed by atoms with van der Waals surface area (Å²) in [5.74, 6) is 6.78. The number of nitrogens with zero attached hydrogens (tertiary/aromatic N) is 6. The monoisotopic (exact) mass is 691 g/mol. The van der Waals surface area contributed by atoms with Gasteiger partial charge in [-0.1, -0.05) is 35.6 Å². The zero-order chi connectivity index (χ0) is 32.5. The number of amides is 1. The van der Waals surface area contributed by atoms with E-state index >= 15 is 0 Å². The zero-order valence-electron chi connectivity index (χ0n) is 26.5. The molecule has 4 aromatic rings. The van der Waals surface area contributed by atoms with E-state index in [0.29, 0.717) is 48.2 Å². The van der Waals surface area contributed by atoms with Gasteiger partial charge in [-0.25, -0.2) is 4.79 Å². The Labute approximate surface area is 289 Å². The highest BCUT2D eigenvalue weighted by Gasteiger charge is 2.34. The van der Waals surface area contributed by atoms with Gasteiger partial charge < -0.3 is 20.3 Å². The van der Waals surface area contributed by atoms with Crippen LogP contribution in [0.25, 0.3) is 5.00 Å². The number of nitrogens with two attached hydrogens (primary N) is 1. The lowest BCUT2D eigenvalue weighted by molar-refractivity contribution is -0.131. The second kappa shape index (κ2) is 14.3. The Morgan fingerprint density at radius 1 is 1.06 bits per heavy atom. The number of hydrogen-bond acceptors (Lipinski definition) is 9. The molecule has 2 aliphatic rings. The van der Waals surface area contributed by atoms with E-state index in [9.17, 15) is 9.59 Å². The molecule has 1 fully saturated rings. The predicted molar refractivity (Wildman–Crippen MR) is 188 cm³/mol. The maximum atomic E-state index is 13.9. The van der Waals surface area contributed by atoms with Gasteiger partial charge in [-0.05, 0) is 56.7 Å². The maximum Gasteiger partial charge on any atom is 0.339 e. The molecule has 1 amide bonds. The molecule has 2 aliphatic heterocycles. The highest BCUT2D eigenvalue weighted by atomic mass is 35.5. The van der Waals surface area contributed by atoms with Gasteiger partial charge in [0.05, 0.1) is 31.4 Å². The number of fused-ring (bicyclic) bond motifs is 3. The van der Waals surface area contributed by atoms with E-state index in [-0.39, 0.29) is 31.3 Å². The van der Waals surface area contributed by atoms with Crippen molar-refractivity contribution < 1.29 is 14.3 Å². The first-order valence-corrected chi connectivity index (χ1v) is 16.2. The summed E-state index contributed by atoms with van der Waals surface area (Å²) in [6, 6.07) is 12.6. The van der Waals surface area contributed by atoms with E-state index in [2.05, 4.69) is 45.4 Å². The molecule has 0 unspecified atom stereocenters. The average Bonchev–Trinajstić information content (AvgIpc) is 3.55. The number of carbonyl (C=O) groups is 2. The van der Waals surface area contributed by atoms with Crippen LogP contribution in [0.3, 0.4) is 0 Å². The third-order valence-electron chi connectivity index (χ3n) is 8.46. The molecule has 2 N–H and O–H groups in total. The van der Waals surface area contributed by atoms with Crippen LogP contribution in [0.2, 0.25) is 5.02 Å². The summed E-state index contributed by atoms with van der Waals surface area (Å²) in [6.45, 7) is 8.66. The Balaban J connectivity index is 0.00000433. The summed E-state index contributed by atoms with van der Waals surface area (Å²) in [5, 5.41) is 10.6. The van der Waals surface area contributed by atoms with E-state index in [1.807, 2.05) is 48.2 Å². The number of aryl methyl sites for hydroxylation is 2. The van der Waals surface area contributed by atoms with Crippen molar-refractivity contribution in [3.63, 3.8) is 0 Å². The molecule has 244 valence electrons. The molecule has 0 saturated carbocycles. The summed E-state index contributed by atoms with van der Waals surface area (Å²) in [4.78, 5) is 36.6. The Bertz CT molecular complexity index is 1920. The van der Waals surface area contributed by atoms with Crippen molar-refractivity contribution in [2.24, 2.45) is 10.7 Å². The standard InChI is InChI=1S/C34H34ClN7O3S.ClH/c1-20-21(2)46-33-30(20)31(23-7-9-25(35)10-8-23)37-28(32-39-38-22(3)42(32)33)19-29(43)41-16-14-40(15-17-41)26-11-12-27(34(44)45-4)24(18-26)6-5-13-36;/h7-12,18,28H,13-17,19,36H2,1-4H3;1H/t28-;/m0./s1. The minimum Gasteiger partial charge on any atom is -0.465 e. The highest BCUT2D eigenvalue weighted by Crippen LogP contribution is 2.40. The third-order valence-corrected chi connectivity index (χ3v) is 9.90. The average molecular weight is 693 g/mol. The van der Waals surface area contributed by atoms with Crippen LogP contribution >= 0.6 is 35.3 Å². The quantitative estimate of drug-likeness (QED) is 0.230. The summed E-state index contributed by atoms with van der Waals surface area (Å²) in [7, 11) is 1.35. The minimum atomic E-state index is -0.522. The van der Waals surface area contributed by atoms with Gasteiger partial charge in [0.1, 0.15) is 16.9 Å². The number of aromatic nitrogens is 3. The fourth-order valence-corrected chi connectivity index (χ4v) is 7.25. The number of rotatable bonds is 5. The number of halogens is 2. The van der Waals surface area contributed by atoms with Crippen LogP contribution in [0.15, 0.2) is 47.5 Å². The second-order valence-corrected chi connectivity index (χ2v) is 12.8. The fraction of sp³-hybridized carbons (Fsp3) is 0.324. The molecule has 13 heteroatoms. The van der Waals surface area contributed by atoms with Gasteiger partial charge in [-0.2, -0.15) is 0 Å². The molecule has 6 rings (SSSR count). The number of methoxy groups -OCH3 is 1. The van der Waals surface area contributed by atoms with Gasteiger partial charge in [0.25, 0.3) is 0 Å². The first-order valence-electron chi connectivity index (χ1n) is 15.0. The first-order chi connectivity index (χ1) is 22.2. The SMILES string of the molecule is COC(=O)c1ccc(N2CCN(C(=O)C[C@@H]3N=C(c4ccc(Cl)cc4)c4c(sc(C)c4C)-n4c(C)nnc43)CC2)cc1C#CCN.Cl. The van der Waals surface area contributed by atoms with E-state index in [1.165, 1.54) is 12.0 Å². The number of ether oxygens (including phenoxy) is 1. The van der Waals surface area contributed by atoms with E-state index in [4.69, 9.17) is 27.1 Å². The number of thiophene rings is 1. The van der Waals surface area contributed by atoms with Crippen molar-refractivity contribution >= 4 is 58.6 Å². The second-order valence-electron chi connectivity index (χ2n) is 11.2. The number of carbonyl (C=O) groups excluding carboxylic acids is 2. The Hall–Kier alpha value is -4.21. The summed E-state index contributed by atoms with van der Waals surface area (Å²) in [5.41, 5.74) is 11.4. The predicted octanol–water partition coefficient (Wildman–Crippen LogP) is 5.06. The molecule has 10 nitrogen and oxygen atoms in total. The fourth-order valence-electron chi connectivity index (χ4n) is 5.91. The van der Waals surface area contributed by atoms with Crippen molar-refractivity contribution in [1.82, 2.24) is 19.7 Å². The molecule has 1 saturated heterocycles. The van der Waals surface area contributed by atoms with Crippen LogP contribution in [0, 0.1) is 32.6 Å². The molecule has 0 aliphatic carbocycles. The van der Waals surface area contributed by atoms with E-state index in [0.717, 1.165) is 38.9 Å². The summed E-state index contributed by atoms with van der Waals surface area (Å²) in [6.07, 6.45) is 0.162. The number of anilines is 1. The van der Waals surface area contributed by atoms with Crippen molar-refractivity contribution in [3.05, 3.63) is 91.8 Å². The van der Waals surface area contributed by atoms with Crippen molar-refractivity contribution in [2.45, 2.75) is 33.2 Å². The lowest BCUT2D eigenvalue weighted by Gasteiger charge is -2.36. The van der Waals surface area contributed by atoms with Gasteiger partial charge in [-0.15, -0.1) is 33.9 Å². The molecular weight excluding hydrogens is 657 g/mol. The third kappa shape index (κ3) is 6.64. The van der Waals surface area contributed by atoms with Gasteiger partial charge in [-0.3, -0.25) is 14.4 Å². The smallest absolute Gasteiger partial charge is 0.339 e. The Morgan fingerprint density at radius 2 is 1.79 bits per heavy atom. The molecule has 47 heavy (non-hydrogen) atoms. The summed E-state index contributed by atoms with van der Waals surface area (Å²) >= 11 is 7.92. The lowest BCUT2D eigenvalue weighted by atomic mass is 9.99. The lowest BCUT2D eigenvalue weighted by Crippen LogP contribution is -2.49. The number of aliphatic imine (C=N–C) groups is 1. The van der Waals surface area contributed by atoms with Crippen LogP contribution in [0.4, 0.5) is 5.69 Å². The Morgan fingerprint density at radius 3 is 2.47 bits per heavy atom.